The molecule has 0 radical (unpaired) electrons. The van der Waals surface area contributed by atoms with E-state index in [9.17, 15) is 0 Å². The standard InChI is InChI=1S/C11H17N3S2/c1-3-4-10-6-13-11(16-10)12-5-9-7-15-8(2)14-9/h7,10H,3-6H2,1-2H3,(H,12,13). The van der Waals surface area contributed by atoms with E-state index in [4.69, 9.17) is 0 Å². The quantitative estimate of drug-likeness (QED) is 0.899. The van der Waals surface area contributed by atoms with E-state index in [2.05, 4.69) is 27.6 Å². The zero-order chi connectivity index (χ0) is 11.4. The molecule has 0 saturated carbocycles. The van der Waals surface area contributed by atoms with Gasteiger partial charge in [0.25, 0.3) is 0 Å². The Morgan fingerprint density at radius 2 is 2.44 bits per heavy atom. The molecule has 0 aromatic carbocycles. The Hall–Kier alpha value is -0.550. The van der Waals surface area contributed by atoms with Crippen LogP contribution >= 0.6 is 23.1 Å². The minimum absolute atomic E-state index is 0.685. The molecule has 1 unspecified atom stereocenters. The largest absolute Gasteiger partial charge is 0.359 e. The van der Waals surface area contributed by atoms with Gasteiger partial charge in [0, 0.05) is 10.6 Å². The summed E-state index contributed by atoms with van der Waals surface area (Å²) in [6.45, 7) is 6.03. The molecule has 3 nitrogen and oxygen atoms in total. The van der Waals surface area contributed by atoms with Crippen molar-refractivity contribution < 1.29 is 0 Å². The van der Waals surface area contributed by atoms with E-state index >= 15 is 0 Å². The summed E-state index contributed by atoms with van der Waals surface area (Å²) >= 11 is 3.57. The van der Waals surface area contributed by atoms with E-state index in [1.807, 2.05) is 18.7 Å². The Kier molecular flexibility index (Phi) is 4.23. The molecule has 1 atom stereocenters. The first-order valence-corrected chi connectivity index (χ1v) is 7.40. The number of aromatic nitrogens is 1. The molecule has 1 aliphatic rings. The number of amidine groups is 1. The van der Waals surface area contributed by atoms with E-state index in [1.165, 1.54) is 12.8 Å². The van der Waals surface area contributed by atoms with Crippen molar-refractivity contribution in [2.75, 3.05) is 6.54 Å². The lowest BCUT2D eigenvalue weighted by Crippen LogP contribution is -2.19. The fourth-order valence-corrected chi connectivity index (χ4v) is 3.38. The van der Waals surface area contributed by atoms with Crippen LogP contribution in [0.25, 0.3) is 0 Å². The summed E-state index contributed by atoms with van der Waals surface area (Å²) in [7, 11) is 0. The second-order valence-corrected chi connectivity index (χ2v) is 6.24. The molecule has 5 heteroatoms. The first-order chi connectivity index (χ1) is 7.78. The predicted octanol–water partition coefficient (Wildman–Crippen LogP) is 2.81. The third kappa shape index (κ3) is 3.22. The highest BCUT2D eigenvalue weighted by Gasteiger charge is 2.18. The van der Waals surface area contributed by atoms with E-state index in [0.29, 0.717) is 5.25 Å². The number of nitrogens with one attached hydrogen (secondary N) is 1. The van der Waals surface area contributed by atoms with Gasteiger partial charge in [-0.3, -0.25) is 4.99 Å². The Balaban J connectivity index is 1.75. The highest BCUT2D eigenvalue weighted by Crippen LogP contribution is 2.23. The Morgan fingerprint density at radius 1 is 1.56 bits per heavy atom. The molecule has 2 rings (SSSR count). The summed E-state index contributed by atoms with van der Waals surface area (Å²) in [6.07, 6.45) is 2.50. The van der Waals surface area contributed by atoms with Crippen molar-refractivity contribution in [2.24, 2.45) is 4.99 Å². The third-order valence-corrected chi connectivity index (χ3v) is 4.45. The number of aryl methyl sites for hydroxylation is 1. The second kappa shape index (κ2) is 5.68. The van der Waals surface area contributed by atoms with Gasteiger partial charge < -0.3 is 5.32 Å². The average molecular weight is 255 g/mol. The molecule has 0 amide bonds. The normalized spacial score (nSPS) is 19.9. The van der Waals surface area contributed by atoms with Crippen LogP contribution in [-0.2, 0) is 6.54 Å². The summed E-state index contributed by atoms with van der Waals surface area (Å²) in [4.78, 5) is 8.92. The number of aliphatic imine (C=N–C) groups is 1. The van der Waals surface area contributed by atoms with Gasteiger partial charge in [-0.2, -0.15) is 0 Å². The van der Waals surface area contributed by atoms with Gasteiger partial charge in [0.05, 0.1) is 23.8 Å². The van der Waals surface area contributed by atoms with Crippen molar-refractivity contribution in [3.8, 4) is 0 Å². The summed E-state index contributed by atoms with van der Waals surface area (Å²) < 4.78 is 0. The number of thioether (sulfide) groups is 1. The lowest BCUT2D eigenvalue weighted by atomic mass is 10.2. The molecule has 1 aromatic heterocycles. The van der Waals surface area contributed by atoms with Gasteiger partial charge >= 0.3 is 0 Å². The summed E-state index contributed by atoms with van der Waals surface area (Å²) in [5.41, 5.74) is 1.12. The van der Waals surface area contributed by atoms with Crippen molar-refractivity contribution in [3.05, 3.63) is 16.1 Å². The van der Waals surface area contributed by atoms with Gasteiger partial charge in [0.2, 0.25) is 0 Å². The monoisotopic (exact) mass is 255 g/mol. The Labute approximate surface area is 105 Å². The lowest BCUT2D eigenvalue weighted by Gasteiger charge is -2.06. The Bertz CT molecular complexity index is 373. The van der Waals surface area contributed by atoms with Crippen LogP contribution in [0.15, 0.2) is 10.4 Å². The molecule has 16 heavy (non-hydrogen) atoms. The van der Waals surface area contributed by atoms with Crippen molar-refractivity contribution in [1.82, 2.24) is 10.3 Å². The predicted molar refractivity (Wildman–Crippen MR) is 72.3 cm³/mol. The zero-order valence-electron chi connectivity index (χ0n) is 9.69. The van der Waals surface area contributed by atoms with Crippen LogP contribution in [0.2, 0.25) is 0 Å². The fraction of sp³-hybridized carbons (Fsp3) is 0.636. The maximum absolute atomic E-state index is 4.50. The first kappa shape index (κ1) is 11.9. The fourth-order valence-electron chi connectivity index (χ4n) is 1.64. The van der Waals surface area contributed by atoms with Gasteiger partial charge in [-0.05, 0) is 13.3 Å². The lowest BCUT2D eigenvalue weighted by molar-refractivity contribution is 0.753. The number of nitrogens with zero attached hydrogens (tertiary/aromatic N) is 2. The molecule has 1 N–H and O–H groups in total. The van der Waals surface area contributed by atoms with Crippen LogP contribution in [0.5, 0.6) is 0 Å². The van der Waals surface area contributed by atoms with Crippen molar-refractivity contribution >= 4 is 28.3 Å². The molecule has 0 bridgehead atoms. The van der Waals surface area contributed by atoms with Crippen LogP contribution in [0, 0.1) is 6.92 Å². The highest BCUT2D eigenvalue weighted by molar-refractivity contribution is 8.14. The SMILES string of the molecule is CCCC1CN=C(NCc2csc(C)n2)S1. The highest BCUT2D eigenvalue weighted by atomic mass is 32.2. The molecule has 1 aliphatic heterocycles. The zero-order valence-corrected chi connectivity index (χ0v) is 11.3. The van der Waals surface area contributed by atoms with Gasteiger partial charge in [0.15, 0.2) is 5.17 Å². The average Bonchev–Trinajstić information content (AvgIpc) is 2.85. The molecule has 0 saturated heterocycles. The molecule has 0 fully saturated rings. The maximum Gasteiger partial charge on any atom is 0.157 e. The van der Waals surface area contributed by atoms with E-state index in [0.717, 1.165) is 29.0 Å². The number of rotatable bonds is 4. The Morgan fingerprint density at radius 3 is 3.12 bits per heavy atom. The number of thiazole rings is 1. The molecule has 0 spiro atoms. The third-order valence-electron chi connectivity index (χ3n) is 2.41. The van der Waals surface area contributed by atoms with Crippen molar-refractivity contribution in [3.63, 3.8) is 0 Å². The van der Waals surface area contributed by atoms with Crippen LogP contribution < -0.4 is 5.32 Å². The first-order valence-electron chi connectivity index (χ1n) is 5.64. The molecular formula is C11H17N3S2. The van der Waals surface area contributed by atoms with E-state index in [-0.39, 0.29) is 0 Å². The van der Waals surface area contributed by atoms with Crippen molar-refractivity contribution in [2.45, 2.75) is 38.5 Å². The van der Waals surface area contributed by atoms with Crippen LogP contribution in [0.4, 0.5) is 0 Å². The van der Waals surface area contributed by atoms with Gasteiger partial charge in [-0.15, -0.1) is 11.3 Å². The summed E-state index contributed by atoms with van der Waals surface area (Å²) in [5, 5.41) is 8.36. The van der Waals surface area contributed by atoms with Crippen molar-refractivity contribution in [1.29, 1.82) is 0 Å². The van der Waals surface area contributed by atoms with Crippen LogP contribution in [0.3, 0.4) is 0 Å². The number of hydrogen-bond donors (Lipinski definition) is 1. The summed E-state index contributed by atoms with van der Waals surface area (Å²) in [5.74, 6) is 0. The second-order valence-electron chi connectivity index (χ2n) is 3.89. The topological polar surface area (TPSA) is 37.3 Å². The summed E-state index contributed by atoms with van der Waals surface area (Å²) in [6, 6.07) is 0. The smallest absolute Gasteiger partial charge is 0.157 e. The van der Waals surface area contributed by atoms with Gasteiger partial charge in [-0.1, -0.05) is 25.1 Å². The molecule has 88 valence electrons. The minimum atomic E-state index is 0.685. The minimum Gasteiger partial charge on any atom is -0.359 e. The molecular weight excluding hydrogens is 238 g/mol. The van der Waals surface area contributed by atoms with Crippen LogP contribution in [0.1, 0.15) is 30.5 Å². The molecule has 2 heterocycles. The molecule has 0 aliphatic carbocycles. The van der Waals surface area contributed by atoms with Gasteiger partial charge in [0.1, 0.15) is 0 Å². The molecule has 1 aromatic rings. The number of hydrogen-bond acceptors (Lipinski definition) is 5. The van der Waals surface area contributed by atoms with E-state index in [1.54, 1.807) is 11.3 Å². The van der Waals surface area contributed by atoms with E-state index < -0.39 is 0 Å². The van der Waals surface area contributed by atoms with Gasteiger partial charge in [-0.25, -0.2) is 4.98 Å². The maximum atomic E-state index is 4.50. The van der Waals surface area contributed by atoms with Crippen LogP contribution in [-0.4, -0.2) is 21.9 Å².